The molecule has 0 aromatic heterocycles. The standard InChI is InChI=1S/C21H27NO3/c23-11-12-25-20-8-4-7-18(14-20)15-22-10-9-21(24)19(16-22)13-17-5-2-1-3-6-17/h1-8,14,19,21,23-24H,9-13,15-16H2/t19-,21-/m1/s1. The van der Waals surface area contributed by atoms with E-state index in [-0.39, 0.29) is 18.6 Å². The maximum Gasteiger partial charge on any atom is 0.119 e. The highest BCUT2D eigenvalue weighted by Crippen LogP contribution is 2.24. The highest BCUT2D eigenvalue weighted by molar-refractivity contribution is 5.28. The van der Waals surface area contributed by atoms with Gasteiger partial charge in [0.05, 0.1) is 12.7 Å². The molecule has 2 aromatic rings. The van der Waals surface area contributed by atoms with E-state index >= 15 is 0 Å². The summed E-state index contributed by atoms with van der Waals surface area (Å²) in [4.78, 5) is 2.41. The summed E-state index contributed by atoms with van der Waals surface area (Å²) in [5.74, 6) is 1.06. The second-order valence-electron chi connectivity index (χ2n) is 6.76. The third-order valence-corrected chi connectivity index (χ3v) is 4.78. The lowest BCUT2D eigenvalue weighted by atomic mass is 9.88. The molecular weight excluding hydrogens is 314 g/mol. The molecule has 3 rings (SSSR count). The van der Waals surface area contributed by atoms with Gasteiger partial charge in [-0.1, -0.05) is 42.5 Å². The smallest absolute Gasteiger partial charge is 0.119 e. The monoisotopic (exact) mass is 341 g/mol. The van der Waals surface area contributed by atoms with Gasteiger partial charge in [-0.2, -0.15) is 0 Å². The Labute approximate surface area is 149 Å². The molecule has 25 heavy (non-hydrogen) atoms. The summed E-state index contributed by atoms with van der Waals surface area (Å²) in [6, 6.07) is 18.4. The van der Waals surface area contributed by atoms with Crippen molar-refractivity contribution < 1.29 is 14.9 Å². The third-order valence-electron chi connectivity index (χ3n) is 4.78. The lowest BCUT2D eigenvalue weighted by Gasteiger charge is -2.36. The Bertz CT molecular complexity index is 647. The summed E-state index contributed by atoms with van der Waals surface area (Å²) in [6.07, 6.45) is 1.51. The average Bonchev–Trinajstić information content (AvgIpc) is 2.64. The van der Waals surface area contributed by atoms with Crippen LogP contribution in [-0.4, -0.2) is 47.5 Å². The van der Waals surface area contributed by atoms with Crippen LogP contribution in [0.3, 0.4) is 0 Å². The number of hydrogen-bond acceptors (Lipinski definition) is 4. The van der Waals surface area contributed by atoms with Gasteiger partial charge < -0.3 is 14.9 Å². The maximum absolute atomic E-state index is 10.4. The van der Waals surface area contributed by atoms with Crippen molar-refractivity contribution in [2.45, 2.75) is 25.5 Å². The summed E-state index contributed by atoms with van der Waals surface area (Å²) < 4.78 is 5.49. The van der Waals surface area contributed by atoms with Crippen molar-refractivity contribution in [3.8, 4) is 5.75 Å². The van der Waals surface area contributed by atoms with Crippen LogP contribution >= 0.6 is 0 Å². The largest absolute Gasteiger partial charge is 0.491 e. The molecule has 1 saturated heterocycles. The molecule has 0 spiro atoms. The first-order valence-corrected chi connectivity index (χ1v) is 9.01. The van der Waals surface area contributed by atoms with E-state index in [1.54, 1.807) is 0 Å². The summed E-state index contributed by atoms with van der Waals surface area (Å²) in [5, 5.41) is 19.3. The Kier molecular flexibility index (Phi) is 6.45. The summed E-state index contributed by atoms with van der Waals surface area (Å²) in [6.45, 7) is 3.01. The lowest BCUT2D eigenvalue weighted by molar-refractivity contribution is 0.0239. The number of ether oxygens (including phenoxy) is 1. The van der Waals surface area contributed by atoms with Crippen LogP contribution in [0.1, 0.15) is 17.5 Å². The zero-order chi connectivity index (χ0) is 17.5. The molecule has 0 radical (unpaired) electrons. The molecule has 0 saturated carbocycles. The van der Waals surface area contributed by atoms with Gasteiger partial charge in [-0.05, 0) is 36.1 Å². The molecule has 2 aromatic carbocycles. The SMILES string of the molecule is OCCOc1cccc(CN2CC[C@@H](O)[C@H](Cc3ccccc3)C2)c1. The van der Waals surface area contributed by atoms with Crippen LogP contribution in [0.25, 0.3) is 0 Å². The molecule has 2 N–H and O–H groups in total. The van der Waals surface area contributed by atoms with E-state index in [0.29, 0.717) is 6.61 Å². The molecule has 0 amide bonds. The number of nitrogens with zero attached hydrogens (tertiary/aromatic N) is 1. The van der Waals surface area contributed by atoms with Crippen LogP contribution in [0.15, 0.2) is 54.6 Å². The first-order valence-electron chi connectivity index (χ1n) is 9.01. The van der Waals surface area contributed by atoms with Crippen molar-refractivity contribution >= 4 is 0 Å². The van der Waals surface area contributed by atoms with Crippen LogP contribution in [0, 0.1) is 5.92 Å². The van der Waals surface area contributed by atoms with Gasteiger partial charge in [0.15, 0.2) is 0 Å². The van der Waals surface area contributed by atoms with Gasteiger partial charge in [0, 0.05) is 25.6 Å². The lowest BCUT2D eigenvalue weighted by Crippen LogP contribution is -2.43. The van der Waals surface area contributed by atoms with E-state index in [1.165, 1.54) is 11.1 Å². The molecule has 1 aliphatic heterocycles. The molecule has 2 atom stereocenters. The number of likely N-dealkylation sites (tertiary alicyclic amines) is 1. The topological polar surface area (TPSA) is 52.9 Å². The molecule has 4 nitrogen and oxygen atoms in total. The van der Waals surface area contributed by atoms with Gasteiger partial charge in [0.1, 0.15) is 12.4 Å². The van der Waals surface area contributed by atoms with Gasteiger partial charge >= 0.3 is 0 Å². The Morgan fingerprint density at radius 2 is 1.84 bits per heavy atom. The Balaban J connectivity index is 1.59. The minimum Gasteiger partial charge on any atom is -0.491 e. The van der Waals surface area contributed by atoms with Gasteiger partial charge in [0.25, 0.3) is 0 Å². The van der Waals surface area contributed by atoms with E-state index in [9.17, 15) is 5.11 Å². The second-order valence-corrected chi connectivity index (χ2v) is 6.76. The summed E-state index contributed by atoms with van der Waals surface area (Å²) in [5.41, 5.74) is 2.48. The molecule has 0 unspecified atom stereocenters. The van der Waals surface area contributed by atoms with E-state index in [4.69, 9.17) is 9.84 Å². The van der Waals surface area contributed by atoms with Crippen LogP contribution in [0.2, 0.25) is 0 Å². The van der Waals surface area contributed by atoms with Gasteiger partial charge in [-0.25, -0.2) is 0 Å². The molecule has 4 heteroatoms. The fraction of sp³-hybridized carbons (Fsp3) is 0.429. The highest BCUT2D eigenvalue weighted by atomic mass is 16.5. The summed E-state index contributed by atoms with van der Waals surface area (Å²) in [7, 11) is 0. The van der Waals surface area contributed by atoms with Crippen molar-refractivity contribution in [2.75, 3.05) is 26.3 Å². The van der Waals surface area contributed by atoms with Crippen molar-refractivity contribution in [3.63, 3.8) is 0 Å². The Morgan fingerprint density at radius 1 is 1.04 bits per heavy atom. The third kappa shape index (κ3) is 5.30. The number of benzene rings is 2. The van der Waals surface area contributed by atoms with Crippen molar-refractivity contribution in [1.29, 1.82) is 0 Å². The van der Waals surface area contributed by atoms with Crippen molar-refractivity contribution in [3.05, 3.63) is 65.7 Å². The zero-order valence-corrected chi connectivity index (χ0v) is 14.6. The maximum atomic E-state index is 10.4. The minimum absolute atomic E-state index is 0.0232. The molecule has 134 valence electrons. The van der Waals surface area contributed by atoms with E-state index in [2.05, 4.69) is 35.2 Å². The molecular formula is C21H27NO3. The van der Waals surface area contributed by atoms with Gasteiger partial charge in [-0.3, -0.25) is 4.90 Å². The Morgan fingerprint density at radius 3 is 2.64 bits per heavy atom. The van der Waals surface area contributed by atoms with Crippen molar-refractivity contribution in [1.82, 2.24) is 4.90 Å². The molecule has 1 heterocycles. The fourth-order valence-corrected chi connectivity index (χ4v) is 3.51. The molecule has 0 aliphatic carbocycles. The van der Waals surface area contributed by atoms with Crippen molar-refractivity contribution in [2.24, 2.45) is 5.92 Å². The van der Waals surface area contributed by atoms with Crippen LogP contribution < -0.4 is 4.74 Å². The minimum atomic E-state index is -0.226. The Hall–Kier alpha value is -1.88. The summed E-state index contributed by atoms with van der Waals surface area (Å²) >= 11 is 0. The fourth-order valence-electron chi connectivity index (χ4n) is 3.51. The average molecular weight is 341 g/mol. The van der Waals surface area contributed by atoms with Gasteiger partial charge in [-0.15, -0.1) is 0 Å². The normalized spacial score (nSPS) is 21.2. The predicted octanol–water partition coefficient (Wildman–Crippen LogP) is 2.48. The predicted molar refractivity (Wildman–Crippen MR) is 98.6 cm³/mol. The molecule has 0 bridgehead atoms. The van der Waals surface area contributed by atoms with Crippen LogP contribution in [0.5, 0.6) is 5.75 Å². The number of aliphatic hydroxyl groups is 2. The van der Waals surface area contributed by atoms with E-state index < -0.39 is 0 Å². The molecule has 1 fully saturated rings. The molecule has 1 aliphatic rings. The van der Waals surface area contributed by atoms with E-state index in [0.717, 1.165) is 38.2 Å². The van der Waals surface area contributed by atoms with E-state index in [1.807, 2.05) is 24.3 Å². The quantitative estimate of drug-likeness (QED) is 0.812. The number of aliphatic hydroxyl groups excluding tert-OH is 2. The van der Waals surface area contributed by atoms with Crippen LogP contribution in [-0.2, 0) is 13.0 Å². The number of piperidine rings is 1. The van der Waals surface area contributed by atoms with Crippen LogP contribution in [0.4, 0.5) is 0 Å². The second kappa shape index (κ2) is 8.99. The first kappa shape index (κ1) is 17.9. The zero-order valence-electron chi connectivity index (χ0n) is 14.6. The number of hydrogen-bond donors (Lipinski definition) is 2. The first-order chi connectivity index (χ1) is 12.2. The van der Waals surface area contributed by atoms with Gasteiger partial charge in [0.2, 0.25) is 0 Å². The number of rotatable bonds is 7. The highest BCUT2D eigenvalue weighted by Gasteiger charge is 2.27.